The van der Waals surface area contributed by atoms with E-state index in [1.165, 1.54) is 38.5 Å². The fraction of sp³-hybridized carbons (Fsp3) is 0.923. The van der Waals surface area contributed by atoms with Gasteiger partial charge in [0.2, 0.25) is 0 Å². The van der Waals surface area contributed by atoms with Crippen molar-refractivity contribution in [1.29, 1.82) is 5.26 Å². The van der Waals surface area contributed by atoms with Crippen LogP contribution >= 0.6 is 11.8 Å². The van der Waals surface area contributed by atoms with Crippen molar-refractivity contribution in [1.82, 2.24) is 5.32 Å². The van der Waals surface area contributed by atoms with Crippen LogP contribution in [0.25, 0.3) is 0 Å². The molecule has 90 valence electrons. The molecular formula is C13H22N2S. The number of rotatable bonds is 2. The van der Waals surface area contributed by atoms with Gasteiger partial charge in [0.1, 0.15) is 5.54 Å². The van der Waals surface area contributed by atoms with E-state index in [-0.39, 0.29) is 5.54 Å². The van der Waals surface area contributed by atoms with Gasteiger partial charge in [-0.25, -0.2) is 0 Å². The van der Waals surface area contributed by atoms with Crippen LogP contribution in [0, 0.1) is 11.3 Å². The molecular weight excluding hydrogens is 216 g/mol. The highest BCUT2D eigenvalue weighted by Crippen LogP contribution is 2.36. The van der Waals surface area contributed by atoms with Crippen LogP contribution in [0.15, 0.2) is 0 Å². The highest BCUT2D eigenvalue weighted by atomic mass is 32.2. The van der Waals surface area contributed by atoms with Crippen molar-refractivity contribution in [3.05, 3.63) is 0 Å². The lowest BCUT2D eigenvalue weighted by molar-refractivity contribution is 0.331. The zero-order valence-electron chi connectivity index (χ0n) is 10.2. The first-order valence-electron chi connectivity index (χ1n) is 6.57. The summed E-state index contributed by atoms with van der Waals surface area (Å²) in [5.74, 6) is 1.13. The monoisotopic (exact) mass is 238 g/mol. The molecule has 16 heavy (non-hydrogen) atoms. The molecule has 0 amide bonds. The molecule has 0 aromatic carbocycles. The van der Waals surface area contributed by atoms with Crippen molar-refractivity contribution in [3.8, 4) is 6.07 Å². The zero-order valence-corrected chi connectivity index (χ0v) is 11.0. The summed E-state index contributed by atoms with van der Waals surface area (Å²) in [5.41, 5.74) is -0.236. The molecule has 2 atom stereocenters. The topological polar surface area (TPSA) is 35.8 Å². The molecule has 1 saturated heterocycles. The molecule has 1 N–H and O–H groups in total. The van der Waals surface area contributed by atoms with Crippen LogP contribution in [-0.4, -0.2) is 22.6 Å². The van der Waals surface area contributed by atoms with Crippen LogP contribution in [-0.2, 0) is 0 Å². The van der Waals surface area contributed by atoms with E-state index < -0.39 is 0 Å². The first-order valence-corrected chi connectivity index (χ1v) is 7.62. The fourth-order valence-corrected chi connectivity index (χ4v) is 4.22. The zero-order chi connectivity index (χ0) is 11.4. The minimum atomic E-state index is -0.236. The summed E-state index contributed by atoms with van der Waals surface area (Å²) in [6.45, 7) is 2.20. The summed E-state index contributed by atoms with van der Waals surface area (Å²) >= 11 is 1.94. The van der Waals surface area contributed by atoms with Crippen molar-refractivity contribution < 1.29 is 0 Å². The van der Waals surface area contributed by atoms with Crippen molar-refractivity contribution in [3.63, 3.8) is 0 Å². The quantitative estimate of drug-likeness (QED) is 0.751. The van der Waals surface area contributed by atoms with Crippen LogP contribution in [0.2, 0.25) is 0 Å². The predicted octanol–water partition coefficient (Wildman–Crippen LogP) is 3.09. The van der Waals surface area contributed by atoms with Gasteiger partial charge in [0.25, 0.3) is 0 Å². The number of hydrogen-bond donors (Lipinski definition) is 1. The normalized spacial score (nSPS) is 36.9. The summed E-state index contributed by atoms with van der Waals surface area (Å²) in [6, 6.07) is 3.15. The van der Waals surface area contributed by atoms with Crippen LogP contribution in [0.3, 0.4) is 0 Å². The predicted molar refractivity (Wildman–Crippen MR) is 69.5 cm³/mol. The fourth-order valence-electron chi connectivity index (χ4n) is 2.90. The van der Waals surface area contributed by atoms with Gasteiger partial charge in [0.05, 0.1) is 6.07 Å². The molecule has 0 aromatic heterocycles. The lowest BCUT2D eigenvalue weighted by Crippen LogP contribution is -2.52. The minimum absolute atomic E-state index is 0.236. The second-order valence-corrected chi connectivity index (χ2v) is 6.63. The standard InChI is InChI=1S/C13H22N2S/c1-11-13(10-14,8-9-16-11)15-12-6-4-2-3-5-7-12/h11-12,15H,2-9H2,1H3. The summed E-state index contributed by atoms with van der Waals surface area (Å²) in [5, 5.41) is 13.6. The Bertz CT molecular complexity index is 266. The average molecular weight is 238 g/mol. The van der Waals surface area contributed by atoms with Crippen molar-refractivity contribution in [2.24, 2.45) is 0 Å². The van der Waals surface area contributed by atoms with Gasteiger partial charge in [0.15, 0.2) is 0 Å². The molecule has 1 saturated carbocycles. The highest BCUT2D eigenvalue weighted by Gasteiger charge is 2.42. The number of thioether (sulfide) groups is 1. The average Bonchev–Trinajstić information content (AvgIpc) is 2.52. The van der Waals surface area contributed by atoms with Crippen molar-refractivity contribution in [2.45, 2.75) is 68.7 Å². The van der Waals surface area contributed by atoms with Crippen LogP contribution in [0.5, 0.6) is 0 Å². The molecule has 3 heteroatoms. The molecule has 0 bridgehead atoms. The third kappa shape index (κ3) is 2.55. The third-order valence-corrected chi connectivity index (χ3v) is 5.42. The van der Waals surface area contributed by atoms with Crippen LogP contribution < -0.4 is 5.32 Å². The Labute approximate surface area is 103 Å². The van der Waals surface area contributed by atoms with Gasteiger partial charge in [-0.1, -0.05) is 32.6 Å². The Balaban J connectivity index is 1.98. The number of nitrogens with zero attached hydrogens (tertiary/aromatic N) is 1. The van der Waals surface area contributed by atoms with E-state index in [2.05, 4.69) is 18.3 Å². The molecule has 0 spiro atoms. The lowest BCUT2D eigenvalue weighted by Gasteiger charge is -2.31. The maximum atomic E-state index is 9.46. The summed E-state index contributed by atoms with van der Waals surface area (Å²) in [7, 11) is 0. The number of nitrogens with one attached hydrogen (secondary N) is 1. The first kappa shape index (κ1) is 12.3. The van der Waals surface area contributed by atoms with E-state index in [0.717, 1.165) is 12.2 Å². The van der Waals surface area contributed by atoms with E-state index in [1.54, 1.807) is 0 Å². The van der Waals surface area contributed by atoms with E-state index in [4.69, 9.17) is 0 Å². The van der Waals surface area contributed by atoms with Gasteiger partial charge in [-0.2, -0.15) is 17.0 Å². The molecule has 2 aliphatic rings. The first-order chi connectivity index (χ1) is 7.77. The number of hydrogen-bond acceptors (Lipinski definition) is 3. The smallest absolute Gasteiger partial charge is 0.119 e. The maximum absolute atomic E-state index is 9.46. The van der Waals surface area contributed by atoms with Gasteiger partial charge in [0, 0.05) is 11.3 Å². The molecule has 2 unspecified atom stereocenters. The van der Waals surface area contributed by atoms with E-state index in [1.807, 2.05) is 11.8 Å². The van der Waals surface area contributed by atoms with Crippen LogP contribution in [0.4, 0.5) is 0 Å². The Morgan fingerprint density at radius 1 is 1.25 bits per heavy atom. The molecule has 1 aliphatic heterocycles. The van der Waals surface area contributed by atoms with Crippen LogP contribution in [0.1, 0.15) is 51.9 Å². The SMILES string of the molecule is CC1SCCC1(C#N)NC1CCCCCC1. The van der Waals surface area contributed by atoms with Crippen molar-refractivity contribution >= 4 is 11.8 Å². The summed E-state index contributed by atoms with van der Waals surface area (Å²) < 4.78 is 0. The van der Waals surface area contributed by atoms with E-state index in [0.29, 0.717) is 11.3 Å². The van der Waals surface area contributed by atoms with Gasteiger partial charge in [-0.15, -0.1) is 0 Å². The Kier molecular flexibility index (Phi) is 4.16. The molecule has 2 fully saturated rings. The Morgan fingerprint density at radius 3 is 2.44 bits per heavy atom. The summed E-state index contributed by atoms with van der Waals surface area (Å²) in [4.78, 5) is 0. The molecule has 1 heterocycles. The third-order valence-electron chi connectivity index (χ3n) is 4.07. The van der Waals surface area contributed by atoms with Crippen molar-refractivity contribution in [2.75, 3.05) is 5.75 Å². The molecule has 0 aromatic rings. The molecule has 2 nitrogen and oxygen atoms in total. The largest absolute Gasteiger partial charge is 0.296 e. The second kappa shape index (κ2) is 5.42. The Morgan fingerprint density at radius 2 is 1.94 bits per heavy atom. The molecule has 0 radical (unpaired) electrons. The summed E-state index contributed by atoms with van der Waals surface area (Å²) in [6.07, 6.45) is 8.97. The highest BCUT2D eigenvalue weighted by molar-refractivity contribution is 8.00. The molecule has 1 aliphatic carbocycles. The Hall–Kier alpha value is -0.200. The number of nitriles is 1. The second-order valence-electron chi connectivity index (χ2n) is 5.18. The maximum Gasteiger partial charge on any atom is 0.119 e. The van der Waals surface area contributed by atoms with Gasteiger partial charge < -0.3 is 0 Å². The molecule has 2 rings (SSSR count). The lowest BCUT2D eigenvalue weighted by atomic mass is 9.92. The van der Waals surface area contributed by atoms with Gasteiger partial charge in [-0.3, -0.25) is 5.32 Å². The minimum Gasteiger partial charge on any atom is -0.296 e. The van der Waals surface area contributed by atoms with E-state index >= 15 is 0 Å². The van der Waals surface area contributed by atoms with Gasteiger partial charge >= 0.3 is 0 Å². The van der Waals surface area contributed by atoms with E-state index in [9.17, 15) is 5.26 Å². The van der Waals surface area contributed by atoms with Gasteiger partial charge in [-0.05, 0) is 25.0 Å².